The van der Waals surface area contributed by atoms with E-state index in [4.69, 9.17) is 5.73 Å². The number of nitrogens with one attached hydrogen (secondary N) is 1. The molecule has 2 aromatic heterocycles. The average molecular weight is 295 g/mol. The number of nitrogens with zero attached hydrogens (tertiary/aromatic N) is 3. The zero-order valence-corrected chi connectivity index (χ0v) is 12.4. The Bertz CT molecular complexity index is 873. The molecule has 3 rings (SSSR count). The third-order valence-electron chi connectivity index (χ3n) is 3.62. The van der Waals surface area contributed by atoms with Crippen LogP contribution in [0, 0.1) is 0 Å². The van der Waals surface area contributed by atoms with Crippen molar-refractivity contribution in [3.8, 4) is 0 Å². The highest BCUT2D eigenvalue weighted by molar-refractivity contribution is 5.93. The second-order valence-electron chi connectivity index (χ2n) is 5.20. The summed E-state index contributed by atoms with van der Waals surface area (Å²) in [5.74, 6) is 0.667. The largest absolute Gasteiger partial charge is 0.399 e. The van der Waals surface area contributed by atoms with E-state index in [2.05, 4.69) is 15.3 Å². The van der Waals surface area contributed by atoms with Crippen LogP contribution < -0.4 is 16.6 Å². The molecule has 0 aliphatic rings. The third-order valence-corrected chi connectivity index (χ3v) is 3.62. The molecule has 0 saturated heterocycles. The normalized spacial score (nSPS) is 12.3. The Morgan fingerprint density at radius 2 is 1.95 bits per heavy atom. The van der Waals surface area contributed by atoms with Gasteiger partial charge in [-0.2, -0.15) is 0 Å². The van der Waals surface area contributed by atoms with E-state index in [1.165, 1.54) is 0 Å². The molecule has 0 unspecified atom stereocenters. The van der Waals surface area contributed by atoms with Gasteiger partial charge < -0.3 is 15.6 Å². The van der Waals surface area contributed by atoms with Crippen molar-refractivity contribution in [2.24, 2.45) is 7.05 Å². The minimum absolute atomic E-state index is 0.0825. The fourth-order valence-electron chi connectivity index (χ4n) is 2.43. The Morgan fingerprint density at radius 1 is 1.23 bits per heavy atom. The van der Waals surface area contributed by atoms with Crippen LogP contribution >= 0.6 is 0 Å². The zero-order valence-electron chi connectivity index (χ0n) is 12.4. The first-order valence-corrected chi connectivity index (χ1v) is 6.99. The number of aryl methyl sites for hydroxylation is 1. The first-order chi connectivity index (χ1) is 10.6. The van der Waals surface area contributed by atoms with Gasteiger partial charge in [0.05, 0.1) is 11.6 Å². The Morgan fingerprint density at radius 3 is 2.68 bits per heavy atom. The summed E-state index contributed by atoms with van der Waals surface area (Å²) in [6, 6.07) is 8.70. The van der Waals surface area contributed by atoms with Gasteiger partial charge in [-0.1, -0.05) is 0 Å². The average Bonchev–Trinajstić information content (AvgIpc) is 2.53. The molecule has 0 aliphatic carbocycles. The number of anilines is 2. The van der Waals surface area contributed by atoms with Gasteiger partial charge in [-0.25, -0.2) is 9.97 Å². The minimum atomic E-state index is -0.127. The van der Waals surface area contributed by atoms with Crippen LogP contribution in [-0.4, -0.2) is 14.5 Å². The topological polar surface area (TPSA) is 85.8 Å². The maximum atomic E-state index is 12.1. The summed E-state index contributed by atoms with van der Waals surface area (Å²) >= 11 is 0. The minimum Gasteiger partial charge on any atom is -0.399 e. The summed E-state index contributed by atoms with van der Waals surface area (Å²) in [5.41, 5.74) is 8.00. The Kier molecular flexibility index (Phi) is 3.50. The lowest BCUT2D eigenvalue weighted by molar-refractivity contribution is 0.788. The third kappa shape index (κ3) is 2.50. The maximum Gasteiger partial charge on any atom is 0.252 e. The molecule has 3 aromatic rings. The van der Waals surface area contributed by atoms with E-state index in [1.807, 2.05) is 19.1 Å². The number of hydrogen-bond acceptors (Lipinski definition) is 5. The van der Waals surface area contributed by atoms with Crippen LogP contribution in [0.5, 0.6) is 0 Å². The number of benzene rings is 1. The van der Waals surface area contributed by atoms with Crippen molar-refractivity contribution >= 4 is 22.3 Å². The van der Waals surface area contributed by atoms with Gasteiger partial charge in [-0.15, -0.1) is 0 Å². The molecule has 0 saturated carbocycles. The maximum absolute atomic E-state index is 12.1. The smallest absolute Gasteiger partial charge is 0.252 e. The number of rotatable bonds is 3. The lowest BCUT2D eigenvalue weighted by Gasteiger charge is -2.17. The van der Waals surface area contributed by atoms with Gasteiger partial charge >= 0.3 is 0 Å². The predicted octanol–water partition coefficient (Wildman–Crippen LogP) is 2.08. The molecule has 2 heterocycles. The number of fused-ring (bicyclic) bond motifs is 1. The number of nitrogen functional groups attached to an aromatic ring is 1. The molecule has 0 radical (unpaired) electrons. The molecule has 0 amide bonds. The molecule has 0 fully saturated rings. The molecule has 112 valence electrons. The predicted molar refractivity (Wildman–Crippen MR) is 87.7 cm³/mol. The number of hydrogen-bond donors (Lipinski definition) is 2. The lowest BCUT2D eigenvalue weighted by Crippen LogP contribution is -2.19. The monoisotopic (exact) mass is 295 g/mol. The van der Waals surface area contributed by atoms with Crippen molar-refractivity contribution in [2.45, 2.75) is 13.0 Å². The molecule has 3 N–H and O–H groups in total. The van der Waals surface area contributed by atoms with Crippen molar-refractivity contribution in [3.05, 3.63) is 58.9 Å². The molecule has 22 heavy (non-hydrogen) atoms. The van der Waals surface area contributed by atoms with E-state index < -0.39 is 0 Å². The van der Waals surface area contributed by atoms with E-state index in [0.717, 1.165) is 16.6 Å². The van der Waals surface area contributed by atoms with E-state index in [1.54, 1.807) is 42.2 Å². The molecule has 0 bridgehead atoms. The van der Waals surface area contributed by atoms with Gasteiger partial charge in [0, 0.05) is 42.3 Å². The molecule has 6 nitrogen and oxygen atoms in total. The van der Waals surface area contributed by atoms with Gasteiger partial charge in [-0.05, 0) is 31.2 Å². The highest BCUT2D eigenvalue weighted by atomic mass is 16.1. The van der Waals surface area contributed by atoms with Crippen LogP contribution in [0.4, 0.5) is 11.4 Å². The van der Waals surface area contributed by atoms with E-state index in [-0.39, 0.29) is 11.6 Å². The molecule has 1 aromatic carbocycles. The van der Waals surface area contributed by atoms with Gasteiger partial charge in [0.1, 0.15) is 5.82 Å². The van der Waals surface area contributed by atoms with Crippen LogP contribution in [0.3, 0.4) is 0 Å². The molecular formula is C16H17N5O. The number of aromatic nitrogens is 3. The van der Waals surface area contributed by atoms with Gasteiger partial charge in [0.25, 0.3) is 5.56 Å². The highest BCUT2D eigenvalue weighted by Gasteiger charge is 2.12. The van der Waals surface area contributed by atoms with Crippen LogP contribution in [0.2, 0.25) is 0 Å². The van der Waals surface area contributed by atoms with Crippen LogP contribution in [0.1, 0.15) is 18.8 Å². The van der Waals surface area contributed by atoms with Crippen molar-refractivity contribution < 1.29 is 0 Å². The first-order valence-electron chi connectivity index (χ1n) is 6.99. The van der Waals surface area contributed by atoms with Crippen molar-refractivity contribution in [1.82, 2.24) is 14.5 Å². The fraction of sp³-hybridized carbons (Fsp3) is 0.188. The fourth-order valence-corrected chi connectivity index (χ4v) is 2.43. The number of pyridine rings is 1. The van der Waals surface area contributed by atoms with Crippen molar-refractivity contribution in [1.29, 1.82) is 0 Å². The molecule has 0 spiro atoms. The SMILES string of the molecule is C[C@@H](Nc1cc(=O)n(C)c2ccc(N)cc12)c1ncccn1. The van der Waals surface area contributed by atoms with E-state index in [9.17, 15) is 4.79 Å². The summed E-state index contributed by atoms with van der Waals surface area (Å²) in [6.45, 7) is 1.95. The summed E-state index contributed by atoms with van der Waals surface area (Å²) in [4.78, 5) is 20.6. The van der Waals surface area contributed by atoms with Crippen LogP contribution in [-0.2, 0) is 7.05 Å². The quantitative estimate of drug-likeness (QED) is 0.723. The molecule has 0 aliphatic heterocycles. The van der Waals surface area contributed by atoms with Crippen molar-refractivity contribution in [2.75, 3.05) is 11.1 Å². The summed E-state index contributed by atoms with van der Waals surface area (Å²) in [5, 5.41) is 4.20. The second kappa shape index (κ2) is 5.48. The first kappa shape index (κ1) is 14.1. The standard InChI is InChI=1S/C16H17N5O/c1-10(16-18-6-3-7-19-16)20-13-9-15(22)21(2)14-5-4-11(17)8-12(13)14/h3-10,20H,17H2,1-2H3/t10-/m1/s1. The summed E-state index contributed by atoms with van der Waals surface area (Å²) in [7, 11) is 1.74. The number of nitrogens with two attached hydrogens (primary N) is 1. The Balaban J connectivity index is 2.09. The van der Waals surface area contributed by atoms with Crippen molar-refractivity contribution in [3.63, 3.8) is 0 Å². The van der Waals surface area contributed by atoms with Gasteiger partial charge in [0.2, 0.25) is 0 Å². The summed E-state index contributed by atoms with van der Waals surface area (Å²) < 4.78 is 1.60. The zero-order chi connectivity index (χ0) is 15.7. The Hall–Kier alpha value is -2.89. The van der Waals surface area contributed by atoms with Crippen LogP contribution in [0.15, 0.2) is 47.5 Å². The molecule has 6 heteroatoms. The van der Waals surface area contributed by atoms with E-state index in [0.29, 0.717) is 11.5 Å². The summed E-state index contributed by atoms with van der Waals surface area (Å²) in [6.07, 6.45) is 3.39. The highest BCUT2D eigenvalue weighted by Crippen LogP contribution is 2.26. The lowest BCUT2D eigenvalue weighted by atomic mass is 10.1. The molecule has 1 atom stereocenters. The molecular weight excluding hydrogens is 278 g/mol. The Labute approximate surface area is 127 Å². The second-order valence-corrected chi connectivity index (χ2v) is 5.20. The van der Waals surface area contributed by atoms with E-state index >= 15 is 0 Å². The van der Waals surface area contributed by atoms with Gasteiger partial charge in [-0.3, -0.25) is 4.79 Å². The van der Waals surface area contributed by atoms with Crippen LogP contribution in [0.25, 0.3) is 10.9 Å². The van der Waals surface area contributed by atoms with Gasteiger partial charge in [0.15, 0.2) is 0 Å².